The highest BCUT2D eigenvalue weighted by atomic mass is 32.1. The lowest BCUT2D eigenvalue weighted by Crippen LogP contribution is -2.32. The van der Waals surface area contributed by atoms with Crippen LogP contribution in [0.4, 0.5) is 0 Å². The van der Waals surface area contributed by atoms with Crippen LogP contribution < -0.4 is 10.6 Å². The molecule has 0 bridgehead atoms. The summed E-state index contributed by atoms with van der Waals surface area (Å²) >= 11 is 4.53. The van der Waals surface area contributed by atoms with Gasteiger partial charge in [0.1, 0.15) is 0 Å². The van der Waals surface area contributed by atoms with Gasteiger partial charge >= 0.3 is 0 Å². The van der Waals surface area contributed by atoms with Gasteiger partial charge in [-0.1, -0.05) is 0 Å². The van der Waals surface area contributed by atoms with E-state index >= 15 is 0 Å². The molecule has 1 fully saturated rings. The Morgan fingerprint density at radius 1 is 1.25 bits per heavy atom. The molecule has 0 aromatic carbocycles. The van der Waals surface area contributed by atoms with E-state index in [1.54, 1.807) is 0 Å². The third-order valence-electron chi connectivity index (χ3n) is 0.857. The molecule has 0 spiro atoms. The van der Waals surface area contributed by atoms with Gasteiger partial charge in [-0.25, -0.2) is 0 Å². The Balaban J connectivity index is 2.51. The van der Waals surface area contributed by atoms with Crippen LogP contribution in [0.1, 0.15) is 0 Å². The van der Waals surface area contributed by atoms with E-state index in [1.807, 2.05) is 0 Å². The van der Waals surface area contributed by atoms with E-state index in [4.69, 9.17) is 10.2 Å². The molecular weight excluding hydrogens is 128 g/mol. The fourth-order valence-corrected chi connectivity index (χ4v) is 0.710. The van der Waals surface area contributed by atoms with Gasteiger partial charge in [-0.15, -0.1) is 0 Å². The zero-order valence-corrected chi connectivity index (χ0v) is 4.77. The molecule has 2 atom stereocenters. The normalized spacial score (nSPS) is 36.5. The van der Waals surface area contributed by atoms with E-state index in [-0.39, 0.29) is 5.11 Å². The van der Waals surface area contributed by atoms with Crippen LogP contribution in [-0.2, 0) is 0 Å². The average Bonchev–Trinajstić information content (AvgIpc) is 1.85. The van der Waals surface area contributed by atoms with Crippen molar-refractivity contribution in [3.8, 4) is 0 Å². The number of hydrogen-bond donors (Lipinski definition) is 4. The van der Waals surface area contributed by atoms with E-state index in [2.05, 4.69) is 22.9 Å². The summed E-state index contributed by atoms with van der Waals surface area (Å²) in [5.41, 5.74) is 0. The van der Waals surface area contributed by atoms with Crippen LogP contribution >= 0.6 is 12.2 Å². The molecule has 0 saturated carbocycles. The molecule has 1 aliphatic rings. The van der Waals surface area contributed by atoms with Crippen LogP contribution in [0.5, 0.6) is 0 Å². The number of aliphatic hydroxyl groups excluding tert-OH is 2. The Kier molecular flexibility index (Phi) is 1.33. The van der Waals surface area contributed by atoms with Crippen LogP contribution in [0, 0.1) is 0 Å². The summed E-state index contributed by atoms with van der Waals surface area (Å²) in [4.78, 5) is 0. The Hall–Kier alpha value is -0.390. The average molecular weight is 134 g/mol. The maximum atomic E-state index is 8.66. The maximum Gasteiger partial charge on any atom is 0.171 e. The first kappa shape index (κ1) is 5.74. The second-order valence-electron chi connectivity index (χ2n) is 1.51. The van der Waals surface area contributed by atoms with Crippen molar-refractivity contribution in [2.24, 2.45) is 0 Å². The summed E-state index contributed by atoms with van der Waals surface area (Å²) in [5.74, 6) is 0. The van der Waals surface area contributed by atoms with Gasteiger partial charge in [0.2, 0.25) is 0 Å². The molecule has 0 aliphatic carbocycles. The monoisotopic (exact) mass is 134 g/mol. The fourth-order valence-electron chi connectivity index (χ4n) is 0.468. The van der Waals surface area contributed by atoms with Crippen LogP contribution in [0.2, 0.25) is 0 Å². The Morgan fingerprint density at radius 2 is 1.62 bits per heavy atom. The SMILES string of the molecule is O[C@H]1NC(=S)N[C@@H]1O. The Morgan fingerprint density at radius 3 is 1.75 bits per heavy atom. The van der Waals surface area contributed by atoms with Crippen molar-refractivity contribution in [3.63, 3.8) is 0 Å². The molecule has 46 valence electrons. The molecule has 4 N–H and O–H groups in total. The molecular formula is C3H6N2O2S. The van der Waals surface area contributed by atoms with E-state index in [1.165, 1.54) is 0 Å². The van der Waals surface area contributed by atoms with Crippen molar-refractivity contribution in [2.75, 3.05) is 0 Å². The number of rotatable bonds is 0. The standard InChI is InChI=1S/C3H6N2O2S/c6-1-2(7)5-3(8)4-1/h1-2,6-7H,(H2,4,5,8)/t1-,2-/m1/s1. The third kappa shape index (κ3) is 0.885. The second-order valence-corrected chi connectivity index (χ2v) is 1.92. The van der Waals surface area contributed by atoms with E-state index in [0.717, 1.165) is 0 Å². The van der Waals surface area contributed by atoms with E-state index in [9.17, 15) is 0 Å². The van der Waals surface area contributed by atoms with Gasteiger partial charge in [0, 0.05) is 0 Å². The van der Waals surface area contributed by atoms with Crippen LogP contribution in [0.15, 0.2) is 0 Å². The summed E-state index contributed by atoms with van der Waals surface area (Å²) in [5, 5.41) is 22.4. The molecule has 0 aromatic rings. The minimum atomic E-state index is -0.956. The van der Waals surface area contributed by atoms with Gasteiger partial charge < -0.3 is 20.8 Å². The molecule has 5 heteroatoms. The lowest BCUT2D eigenvalue weighted by molar-refractivity contribution is 0.0215. The van der Waals surface area contributed by atoms with Crippen molar-refractivity contribution < 1.29 is 10.2 Å². The summed E-state index contributed by atoms with van der Waals surface area (Å²) in [6, 6.07) is 0. The summed E-state index contributed by atoms with van der Waals surface area (Å²) in [6.45, 7) is 0. The summed E-state index contributed by atoms with van der Waals surface area (Å²) in [7, 11) is 0. The van der Waals surface area contributed by atoms with Crippen molar-refractivity contribution in [1.82, 2.24) is 10.6 Å². The van der Waals surface area contributed by atoms with Crippen molar-refractivity contribution >= 4 is 17.3 Å². The Labute approximate surface area is 51.5 Å². The zero-order chi connectivity index (χ0) is 6.15. The molecule has 0 aromatic heterocycles. The molecule has 0 unspecified atom stereocenters. The van der Waals surface area contributed by atoms with Crippen LogP contribution in [-0.4, -0.2) is 27.8 Å². The smallest absolute Gasteiger partial charge is 0.171 e. The highest BCUT2D eigenvalue weighted by Gasteiger charge is 2.24. The molecule has 0 amide bonds. The number of thiocarbonyl (C=S) groups is 1. The second kappa shape index (κ2) is 1.85. The molecule has 1 saturated heterocycles. The predicted molar refractivity (Wildman–Crippen MR) is 30.9 cm³/mol. The maximum absolute atomic E-state index is 8.66. The highest BCUT2D eigenvalue weighted by Crippen LogP contribution is 1.92. The summed E-state index contributed by atoms with van der Waals surface area (Å²) in [6.07, 6.45) is -1.91. The third-order valence-corrected chi connectivity index (χ3v) is 1.09. The van der Waals surface area contributed by atoms with Crippen LogP contribution in [0.3, 0.4) is 0 Å². The number of nitrogens with one attached hydrogen (secondary N) is 2. The van der Waals surface area contributed by atoms with Gasteiger partial charge in [-0.3, -0.25) is 0 Å². The lowest BCUT2D eigenvalue weighted by atomic mass is 10.5. The Bertz CT molecular complexity index is 106. The molecule has 1 aliphatic heterocycles. The molecule has 8 heavy (non-hydrogen) atoms. The van der Waals surface area contributed by atoms with Gasteiger partial charge in [0.05, 0.1) is 0 Å². The fraction of sp³-hybridized carbons (Fsp3) is 0.667. The molecule has 0 radical (unpaired) electrons. The van der Waals surface area contributed by atoms with Crippen molar-refractivity contribution in [1.29, 1.82) is 0 Å². The predicted octanol–water partition coefficient (Wildman–Crippen LogP) is -1.90. The van der Waals surface area contributed by atoms with E-state index < -0.39 is 12.5 Å². The van der Waals surface area contributed by atoms with E-state index in [0.29, 0.717) is 0 Å². The van der Waals surface area contributed by atoms with Crippen molar-refractivity contribution in [2.45, 2.75) is 12.5 Å². The lowest BCUT2D eigenvalue weighted by Gasteiger charge is -2.02. The quantitative estimate of drug-likeness (QED) is 0.291. The minimum absolute atomic E-state index is 0.282. The van der Waals surface area contributed by atoms with Gasteiger partial charge in [-0.05, 0) is 12.2 Å². The minimum Gasteiger partial charge on any atom is -0.369 e. The summed E-state index contributed by atoms with van der Waals surface area (Å²) < 4.78 is 0. The first-order chi connectivity index (χ1) is 3.70. The topological polar surface area (TPSA) is 64.5 Å². The molecule has 1 rings (SSSR count). The van der Waals surface area contributed by atoms with Crippen molar-refractivity contribution in [3.05, 3.63) is 0 Å². The largest absolute Gasteiger partial charge is 0.369 e. The number of hydrogen-bond acceptors (Lipinski definition) is 3. The number of aliphatic hydroxyl groups is 2. The van der Waals surface area contributed by atoms with Crippen LogP contribution in [0.25, 0.3) is 0 Å². The molecule has 1 heterocycles. The first-order valence-corrected chi connectivity index (χ1v) is 2.54. The van der Waals surface area contributed by atoms with Gasteiger partial charge in [0.25, 0.3) is 0 Å². The highest BCUT2D eigenvalue weighted by molar-refractivity contribution is 7.80. The first-order valence-electron chi connectivity index (χ1n) is 2.13. The molecule has 4 nitrogen and oxygen atoms in total. The van der Waals surface area contributed by atoms with Gasteiger partial charge in [-0.2, -0.15) is 0 Å². The zero-order valence-electron chi connectivity index (χ0n) is 3.96. The van der Waals surface area contributed by atoms with Gasteiger partial charge in [0.15, 0.2) is 17.6 Å².